The minimum Gasteiger partial charge on any atom is -0.306 e. The van der Waals surface area contributed by atoms with Crippen molar-refractivity contribution in [2.45, 2.75) is 0 Å². The summed E-state index contributed by atoms with van der Waals surface area (Å²) >= 11 is 11.8. The van der Waals surface area contributed by atoms with Gasteiger partial charge in [0, 0.05) is 0 Å². The van der Waals surface area contributed by atoms with Crippen molar-refractivity contribution < 1.29 is 0 Å². The third-order valence-corrected chi connectivity index (χ3v) is 3.45. The second kappa shape index (κ2) is 5.11. The van der Waals surface area contributed by atoms with Gasteiger partial charge in [-0.1, -0.05) is 35.3 Å². The summed E-state index contributed by atoms with van der Waals surface area (Å²) in [5, 5.41) is 7.83. The van der Waals surface area contributed by atoms with E-state index in [1.165, 1.54) is 6.20 Å². The Kier molecular flexibility index (Phi) is 3.30. The number of hydrogen-bond acceptors (Lipinski definition) is 3. The molecule has 2 aromatic heterocycles. The van der Waals surface area contributed by atoms with Crippen molar-refractivity contribution in [3.63, 3.8) is 0 Å². The van der Waals surface area contributed by atoms with Crippen LogP contribution in [0.1, 0.15) is 11.4 Å². The van der Waals surface area contributed by atoms with E-state index in [9.17, 15) is 4.79 Å². The highest BCUT2D eigenvalue weighted by atomic mass is 35.5. The van der Waals surface area contributed by atoms with Gasteiger partial charge in [0.15, 0.2) is 5.65 Å². The van der Waals surface area contributed by atoms with Crippen LogP contribution in [0.2, 0.25) is 10.0 Å². The van der Waals surface area contributed by atoms with Crippen molar-refractivity contribution in [3.8, 4) is 0 Å². The number of nitrogens with one attached hydrogen (secondary N) is 2. The van der Waals surface area contributed by atoms with Gasteiger partial charge in [-0.25, -0.2) is 4.98 Å². The summed E-state index contributed by atoms with van der Waals surface area (Å²) < 4.78 is 0. The Hall–Kier alpha value is -2.11. The Morgan fingerprint density at radius 2 is 2.00 bits per heavy atom. The highest BCUT2D eigenvalue weighted by Gasteiger charge is 2.03. The van der Waals surface area contributed by atoms with Gasteiger partial charge in [0.2, 0.25) is 0 Å². The topological polar surface area (TPSA) is 74.4 Å². The SMILES string of the molecule is O=c1[nH]c(/C=C/c2ccc(Cl)c(Cl)c2)nc2[nH]ncc12. The van der Waals surface area contributed by atoms with Crippen LogP contribution in [-0.4, -0.2) is 20.2 Å². The van der Waals surface area contributed by atoms with Crippen LogP contribution < -0.4 is 5.56 Å². The maximum atomic E-state index is 11.7. The van der Waals surface area contributed by atoms with Crippen molar-refractivity contribution in [1.82, 2.24) is 20.2 Å². The lowest BCUT2D eigenvalue weighted by atomic mass is 10.2. The van der Waals surface area contributed by atoms with Gasteiger partial charge in [0.05, 0.1) is 16.2 Å². The predicted molar refractivity (Wildman–Crippen MR) is 79.9 cm³/mol. The summed E-state index contributed by atoms with van der Waals surface area (Å²) in [6.45, 7) is 0. The van der Waals surface area contributed by atoms with Crippen molar-refractivity contribution >= 4 is 46.4 Å². The van der Waals surface area contributed by atoms with Crippen LogP contribution in [0, 0.1) is 0 Å². The van der Waals surface area contributed by atoms with E-state index in [-0.39, 0.29) is 5.56 Å². The maximum Gasteiger partial charge on any atom is 0.262 e. The zero-order valence-corrected chi connectivity index (χ0v) is 11.5. The summed E-state index contributed by atoms with van der Waals surface area (Å²) in [6.07, 6.45) is 4.90. The van der Waals surface area contributed by atoms with Gasteiger partial charge in [0.25, 0.3) is 5.56 Å². The Bertz CT molecular complexity index is 866. The molecule has 100 valence electrons. The number of fused-ring (bicyclic) bond motifs is 1. The molecule has 0 aliphatic heterocycles. The molecule has 0 radical (unpaired) electrons. The third-order valence-electron chi connectivity index (χ3n) is 2.72. The molecular formula is C13H8Cl2N4O. The van der Waals surface area contributed by atoms with Crippen LogP contribution in [0.5, 0.6) is 0 Å². The number of nitrogens with zero attached hydrogens (tertiary/aromatic N) is 2. The molecule has 0 saturated carbocycles. The maximum absolute atomic E-state index is 11.7. The average molecular weight is 307 g/mol. The standard InChI is InChI=1S/C13H8Cl2N4O/c14-9-3-1-7(5-10(9)15)2-4-11-17-12-8(6-16-19-12)13(20)18-11/h1-6H,(H2,16,17,18,19,20)/b4-2+. The lowest BCUT2D eigenvalue weighted by molar-refractivity contribution is 1.07. The van der Waals surface area contributed by atoms with E-state index < -0.39 is 0 Å². The summed E-state index contributed by atoms with van der Waals surface area (Å²) in [5.41, 5.74) is 1.06. The molecule has 0 spiro atoms. The minimum absolute atomic E-state index is 0.238. The van der Waals surface area contributed by atoms with Crippen LogP contribution in [0.15, 0.2) is 29.2 Å². The van der Waals surface area contributed by atoms with E-state index in [0.29, 0.717) is 26.9 Å². The summed E-state index contributed by atoms with van der Waals surface area (Å²) in [4.78, 5) is 18.6. The fourth-order valence-corrected chi connectivity index (χ4v) is 2.04. The molecule has 7 heteroatoms. The molecule has 0 aliphatic rings. The highest BCUT2D eigenvalue weighted by Crippen LogP contribution is 2.23. The molecule has 0 aliphatic carbocycles. The van der Waals surface area contributed by atoms with Gasteiger partial charge >= 0.3 is 0 Å². The second-order valence-electron chi connectivity index (χ2n) is 4.09. The van der Waals surface area contributed by atoms with E-state index >= 15 is 0 Å². The number of benzene rings is 1. The molecule has 0 unspecified atom stereocenters. The Balaban J connectivity index is 1.97. The first-order chi connectivity index (χ1) is 9.63. The molecule has 1 aromatic carbocycles. The van der Waals surface area contributed by atoms with Gasteiger partial charge in [0.1, 0.15) is 11.2 Å². The molecule has 0 amide bonds. The molecule has 0 saturated heterocycles. The fourth-order valence-electron chi connectivity index (χ4n) is 1.73. The first kappa shape index (κ1) is 12.9. The monoisotopic (exact) mass is 306 g/mol. The fraction of sp³-hybridized carbons (Fsp3) is 0. The van der Waals surface area contributed by atoms with E-state index in [2.05, 4.69) is 20.2 Å². The third kappa shape index (κ3) is 2.45. The molecule has 2 N–H and O–H groups in total. The molecule has 20 heavy (non-hydrogen) atoms. The van der Waals surface area contributed by atoms with E-state index in [4.69, 9.17) is 23.2 Å². The van der Waals surface area contributed by atoms with E-state index in [1.54, 1.807) is 24.3 Å². The summed E-state index contributed by atoms with van der Waals surface area (Å²) in [5.74, 6) is 0.429. The molecule has 3 rings (SSSR count). The van der Waals surface area contributed by atoms with Crippen LogP contribution in [0.25, 0.3) is 23.2 Å². The van der Waals surface area contributed by atoms with Gasteiger partial charge in [-0.3, -0.25) is 9.89 Å². The van der Waals surface area contributed by atoms with E-state index in [1.807, 2.05) is 6.07 Å². The average Bonchev–Trinajstić information content (AvgIpc) is 2.89. The molecule has 2 heterocycles. The Morgan fingerprint density at radius 1 is 1.15 bits per heavy atom. The lowest BCUT2D eigenvalue weighted by Crippen LogP contribution is -2.08. The minimum atomic E-state index is -0.238. The van der Waals surface area contributed by atoms with E-state index in [0.717, 1.165) is 5.56 Å². The van der Waals surface area contributed by atoms with Crippen molar-refractivity contribution in [2.24, 2.45) is 0 Å². The van der Waals surface area contributed by atoms with Crippen LogP contribution in [-0.2, 0) is 0 Å². The first-order valence-corrected chi connectivity index (χ1v) is 6.45. The number of hydrogen-bond donors (Lipinski definition) is 2. The summed E-state index contributed by atoms with van der Waals surface area (Å²) in [6, 6.07) is 5.25. The molecule has 5 nitrogen and oxygen atoms in total. The molecule has 0 bridgehead atoms. The van der Waals surface area contributed by atoms with Crippen LogP contribution in [0.3, 0.4) is 0 Å². The van der Waals surface area contributed by atoms with Gasteiger partial charge in [-0.2, -0.15) is 5.10 Å². The normalized spacial score (nSPS) is 11.5. The zero-order valence-electron chi connectivity index (χ0n) is 10.0. The number of halogens is 2. The lowest BCUT2D eigenvalue weighted by Gasteiger charge is -1.98. The molecule has 0 fully saturated rings. The summed E-state index contributed by atoms with van der Waals surface area (Å²) in [7, 11) is 0. The van der Waals surface area contributed by atoms with Crippen LogP contribution >= 0.6 is 23.2 Å². The van der Waals surface area contributed by atoms with Gasteiger partial charge in [-0.15, -0.1) is 0 Å². The quantitative estimate of drug-likeness (QED) is 0.764. The van der Waals surface area contributed by atoms with Gasteiger partial charge < -0.3 is 4.98 Å². The molecule has 0 atom stereocenters. The number of rotatable bonds is 2. The Morgan fingerprint density at radius 3 is 2.80 bits per heavy atom. The zero-order chi connectivity index (χ0) is 14.1. The number of aromatic nitrogens is 4. The first-order valence-electron chi connectivity index (χ1n) is 5.70. The Labute approximate surface area is 123 Å². The largest absolute Gasteiger partial charge is 0.306 e. The highest BCUT2D eigenvalue weighted by molar-refractivity contribution is 6.42. The van der Waals surface area contributed by atoms with Gasteiger partial charge in [-0.05, 0) is 23.8 Å². The number of aromatic amines is 2. The smallest absolute Gasteiger partial charge is 0.262 e. The number of H-pyrrole nitrogens is 2. The van der Waals surface area contributed by atoms with Crippen LogP contribution in [0.4, 0.5) is 0 Å². The molecular weight excluding hydrogens is 299 g/mol. The van der Waals surface area contributed by atoms with Crippen molar-refractivity contribution in [1.29, 1.82) is 0 Å². The van der Waals surface area contributed by atoms with Crippen molar-refractivity contribution in [3.05, 3.63) is 56.2 Å². The predicted octanol–water partition coefficient (Wildman–Crippen LogP) is 3.12. The molecule has 3 aromatic rings. The second-order valence-corrected chi connectivity index (χ2v) is 4.90. The van der Waals surface area contributed by atoms with Crippen molar-refractivity contribution in [2.75, 3.05) is 0 Å².